The van der Waals surface area contributed by atoms with Crippen LogP contribution >= 0.6 is 0 Å². The van der Waals surface area contributed by atoms with E-state index in [0.717, 1.165) is 17.7 Å². The first-order valence-corrected chi connectivity index (χ1v) is 6.10. The highest BCUT2D eigenvalue weighted by molar-refractivity contribution is 8.05. The first kappa shape index (κ1) is 11.1. The molecule has 2 aliphatic rings. The van der Waals surface area contributed by atoms with Crippen molar-refractivity contribution in [2.24, 2.45) is 4.99 Å². The van der Waals surface area contributed by atoms with Crippen molar-refractivity contribution in [3.05, 3.63) is 22.4 Å². The van der Waals surface area contributed by atoms with Gasteiger partial charge in [0, 0.05) is 18.4 Å². The fourth-order valence-corrected chi connectivity index (χ4v) is 2.84. The molecule has 0 spiro atoms. The van der Waals surface area contributed by atoms with Crippen molar-refractivity contribution >= 4 is 21.9 Å². The van der Waals surface area contributed by atoms with Crippen LogP contribution < -0.4 is 0 Å². The van der Waals surface area contributed by atoms with Gasteiger partial charge in [-0.3, -0.25) is 0 Å². The lowest BCUT2D eigenvalue weighted by Crippen LogP contribution is -2.29. The van der Waals surface area contributed by atoms with Crippen molar-refractivity contribution in [2.75, 3.05) is 6.54 Å². The van der Waals surface area contributed by atoms with Gasteiger partial charge in [0.15, 0.2) is 0 Å². The van der Waals surface area contributed by atoms with E-state index in [1.54, 1.807) is 4.90 Å². The number of carboxylic acid groups (broad SMARTS) is 1. The van der Waals surface area contributed by atoms with Gasteiger partial charge < -0.3 is 10.0 Å². The highest BCUT2D eigenvalue weighted by Gasteiger charge is 2.34. The number of amidine groups is 1. The summed E-state index contributed by atoms with van der Waals surface area (Å²) in [6.45, 7) is 4.47. The van der Waals surface area contributed by atoms with Crippen molar-refractivity contribution in [2.45, 2.75) is 20.3 Å². The average molecular weight is 240 g/mol. The van der Waals surface area contributed by atoms with E-state index in [9.17, 15) is 9.00 Å². The number of nitrogens with zero attached hydrogens (tertiary/aromatic N) is 2. The van der Waals surface area contributed by atoms with E-state index in [2.05, 4.69) is 4.99 Å². The Morgan fingerprint density at radius 3 is 2.94 bits per heavy atom. The van der Waals surface area contributed by atoms with Crippen LogP contribution in [0.25, 0.3) is 0 Å². The summed E-state index contributed by atoms with van der Waals surface area (Å²) >= 11 is 0. The van der Waals surface area contributed by atoms with Gasteiger partial charge in [-0.05, 0) is 18.9 Å². The van der Waals surface area contributed by atoms with Gasteiger partial charge in [-0.2, -0.15) is 0 Å². The molecule has 5 nitrogen and oxygen atoms in total. The Balaban J connectivity index is 2.39. The number of rotatable bonds is 2. The number of hydrogen-bond donors (Lipinski definition) is 1. The first-order chi connectivity index (χ1) is 7.54. The Kier molecular flexibility index (Phi) is 2.67. The van der Waals surface area contributed by atoms with Crippen molar-refractivity contribution in [3.8, 4) is 0 Å². The topological polar surface area (TPSA) is 70.0 Å². The number of fused-ring (bicyclic) bond motifs is 1. The van der Waals surface area contributed by atoms with Crippen molar-refractivity contribution < 1.29 is 14.1 Å². The minimum Gasteiger partial charge on any atom is -0.477 e. The fraction of sp³-hybridized carbons (Fsp3) is 0.400. The van der Waals surface area contributed by atoms with Gasteiger partial charge >= 0.3 is 5.97 Å². The number of carbonyl (C=O) groups is 1. The van der Waals surface area contributed by atoms with Crippen LogP contribution in [0, 0.1) is 0 Å². The highest BCUT2D eigenvalue weighted by Crippen LogP contribution is 2.26. The molecule has 0 radical (unpaired) electrons. The molecule has 6 heteroatoms. The predicted octanol–water partition coefficient (Wildman–Crippen LogP) is 1.03. The molecule has 1 N–H and O–H groups in total. The molecule has 0 saturated carbocycles. The Morgan fingerprint density at radius 2 is 2.38 bits per heavy atom. The van der Waals surface area contributed by atoms with E-state index in [4.69, 9.17) is 5.11 Å². The minimum atomic E-state index is -1.64. The van der Waals surface area contributed by atoms with Gasteiger partial charge in [0.05, 0.1) is 0 Å². The lowest BCUT2D eigenvalue weighted by atomic mass is 10.1. The van der Waals surface area contributed by atoms with Crippen molar-refractivity contribution in [1.82, 2.24) is 4.90 Å². The molecule has 1 atom stereocenters. The minimum absolute atomic E-state index is 0.0936. The average Bonchev–Trinajstić information content (AvgIpc) is 2.55. The summed E-state index contributed by atoms with van der Waals surface area (Å²) < 4.78 is 11.8. The standard InChI is InChI=1S/C10H12N2O3S/c1-3-7-4-12-5-8(9(13)14)16(15)10(12)11-6(7)2/h5H,3-4H2,1-2H3,(H,13,14). The molecule has 1 unspecified atom stereocenters. The molecule has 2 heterocycles. The third-order valence-corrected chi connectivity index (χ3v) is 4.00. The zero-order chi connectivity index (χ0) is 11.9. The molecule has 0 aromatic heterocycles. The van der Waals surface area contributed by atoms with Crippen LogP contribution in [0.2, 0.25) is 0 Å². The van der Waals surface area contributed by atoms with Crippen LogP contribution in [-0.4, -0.2) is 31.9 Å². The first-order valence-electron chi connectivity index (χ1n) is 4.95. The number of allylic oxidation sites excluding steroid dienone is 1. The van der Waals surface area contributed by atoms with Crippen LogP contribution in [0.15, 0.2) is 27.4 Å². The summed E-state index contributed by atoms with van der Waals surface area (Å²) in [5.41, 5.74) is 1.99. The summed E-state index contributed by atoms with van der Waals surface area (Å²) in [6.07, 6.45) is 2.28. The Morgan fingerprint density at radius 1 is 1.69 bits per heavy atom. The second-order valence-electron chi connectivity index (χ2n) is 3.63. The Hall–Kier alpha value is -1.43. The number of aliphatic imine (C=N–C) groups is 1. The van der Waals surface area contributed by atoms with Crippen molar-refractivity contribution in [1.29, 1.82) is 0 Å². The van der Waals surface area contributed by atoms with Gasteiger partial charge in [0.1, 0.15) is 15.7 Å². The molecule has 86 valence electrons. The molecule has 0 aliphatic carbocycles. The fourth-order valence-electron chi connectivity index (χ4n) is 1.71. The second kappa shape index (κ2) is 3.86. The van der Waals surface area contributed by atoms with E-state index >= 15 is 0 Å². The number of hydrogen-bond acceptors (Lipinski definition) is 4. The Bertz CT molecular complexity index is 476. The molecule has 0 amide bonds. The SMILES string of the molecule is CCC1=C(C)N=C2N(C=C(C(=O)O)S2=O)C1. The van der Waals surface area contributed by atoms with E-state index in [1.807, 2.05) is 13.8 Å². The van der Waals surface area contributed by atoms with Gasteiger partial charge in [-0.25, -0.2) is 14.0 Å². The smallest absolute Gasteiger partial charge is 0.346 e. The lowest BCUT2D eigenvalue weighted by molar-refractivity contribution is -0.131. The van der Waals surface area contributed by atoms with E-state index < -0.39 is 16.8 Å². The lowest BCUT2D eigenvalue weighted by Gasteiger charge is -2.22. The molecule has 0 aromatic carbocycles. The normalized spacial score (nSPS) is 24.1. The maximum absolute atomic E-state index is 11.8. The third kappa shape index (κ3) is 1.59. The van der Waals surface area contributed by atoms with E-state index in [1.165, 1.54) is 6.20 Å². The van der Waals surface area contributed by atoms with E-state index in [-0.39, 0.29) is 4.91 Å². The summed E-state index contributed by atoms with van der Waals surface area (Å²) in [4.78, 5) is 16.6. The van der Waals surface area contributed by atoms with Gasteiger partial charge in [0.25, 0.3) is 0 Å². The monoisotopic (exact) mass is 240 g/mol. The second-order valence-corrected chi connectivity index (χ2v) is 4.97. The zero-order valence-electron chi connectivity index (χ0n) is 9.06. The molecule has 0 aromatic rings. The quantitative estimate of drug-likeness (QED) is 0.782. The zero-order valence-corrected chi connectivity index (χ0v) is 9.87. The Labute approximate surface area is 95.6 Å². The van der Waals surface area contributed by atoms with Crippen LogP contribution in [0.1, 0.15) is 20.3 Å². The largest absolute Gasteiger partial charge is 0.477 e. The molecule has 2 aliphatic heterocycles. The maximum atomic E-state index is 11.8. The predicted molar refractivity (Wildman–Crippen MR) is 61.0 cm³/mol. The van der Waals surface area contributed by atoms with Gasteiger partial charge in [-0.15, -0.1) is 0 Å². The van der Waals surface area contributed by atoms with Crippen LogP contribution in [0.3, 0.4) is 0 Å². The van der Waals surface area contributed by atoms with E-state index in [0.29, 0.717) is 11.7 Å². The highest BCUT2D eigenvalue weighted by atomic mass is 32.2. The molecule has 0 fully saturated rings. The van der Waals surface area contributed by atoms with Crippen LogP contribution in [-0.2, 0) is 15.6 Å². The number of aliphatic carboxylic acids is 1. The summed E-state index contributed by atoms with van der Waals surface area (Å²) in [7, 11) is -1.64. The molecular formula is C10H12N2O3S. The summed E-state index contributed by atoms with van der Waals surface area (Å²) in [5.74, 6) is -1.15. The van der Waals surface area contributed by atoms with Crippen LogP contribution in [0.4, 0.5) is 0 Å². The summed E-state index contributed by atoms with van der Waals surface area (Å²) in [5, 5.41) is 9.20. The maximum Gasteiger partial charge on any atom is 0.346 e. The molecule has 16 heavy (non-hydrogen) atoms. The van der Waals surface area contributed by atoms with Gasteiger partial charge in [-0.1, -0.05) is 6.92 Å². The van der Waals surface area contributed by atoms with Crippen molar-refractivity contribution in [3.63, 3.8) is 0 Å². The third-order valence-electron chi connectivity index (χ3n) is 2.66. The molecule has 0 bridgehead atoms. The van der Waals surface area contributed by atoms with Gasteiger partial charge in [0.2, 0.25) is 5.17 Å². The summed E-state index contributed by atoms with van der Waals surface area (Å²) in [6, 6.07) is 0. The van der Waals surface area contributed by atoms with Crippen LogP contribution in [0.5, 0.6) is 0 Å². The molecular weight excluding hydrogens is 228 g/mol. The number of carboxylic acids is 1. The molecule has 0 saturated heterocycles. The molecule has 2 rings (SSSR count).